The van der Waals surface area contributed by atoms with E-state index >= 15 is 0 Å². The van der Waals surface area contributed by atoms with Gasteiger partial charge < -0.3 is 14.7 Å². The minimum absolute atomic E-state index is 0.384. The standard InChI is InChI=1S/C17H21NO2S/c19-16(12-20-13-17-6-3-9-21-17)11-18-8-7-14-4-1-2-5-15(14)10-18/h1-6,9,16,19H,7-8,10-13H2/p+1/t16-/m1/s1. The second-order valence-corrected chi connectivity index (χ2v) is 6.68. The van der Waals surface area contributed by atoms with Crippen LogP contribution in [0.4, 0.5) is 0 Å². The molecule has 2 heterocycles. The van der Waals surface area contributed by atoms with Gasteiger partial charge in [-0.25, -0.2) is 0 Å². The van der Waals surface area contributed by atoms with E-state index in [9.17, 15) is 5.11 Å². The Bertz CT molecular complexity index is 556. The third-order valence-electron chi connectivity index (χ3n) is 3.97. The van der Waals surface area contributed by atoms with Crippen molar-refractivity contribution in [3.05, 3.63) is 57.8 Å². The highest BCUT2D eigenvalue weighted by molar-refractivity contribution is 7.09. The fourth-order valence-electron chi connectivity index (χ4n) is 2.90. The lowest BCUT2D eigenvalue weighted by molar-refractivity contribution is -0.919. The Hall–Kier alpha value is -1.20. The molecule has 3 nitrogen and oxygen atoms in total. The second kappa shape index (κ2) is 7.18. The van der Waals surface area contributed by atoms with E-state index in [1.807, 2.05) is 11.4 Å². The third-order valence-corrected chi connectivity index (χ3v) is 4.82. The highest BCUT2D eigenvalue weighted by atomic mass is 32.1. The van der Waals surface area contributed by atoms with Gasteiger partial charge >= 0.3 is 0 Å². The van der Waals surface area contributed by atoms with Crippen molar-refractivity contribution in [1.29, 1.82) is 0 Å². The Labute approximate surface area is 129 Å². The Balaban J connectivity index is 1.42. The van der Waals surface area contributed by atoms with E-state index in [0.29, 0.717) is 13.2 Å². The van der Waals surface area contributed by atoms with Crippen LogP contribution in [0.3, 0.4) is 0 Å². The SMILES string of the molecule is O[C@@H](COCc1cccs1)C[NH+]1CCc2ccccc2C1. The first-order chi connectivity index (χ1) is 10.3. The van der Waals surface area contributed by atoms with Crippen molar-refractivity contribution < 1.29 is 14.7 Å². The zero-order valence-corrected chi connectivity index (χ0v) is 12.9. The number of hydrogen-bond donors (Lipinski definition) is 2. The molecule has 0 amide bonds. The molecule has 1 aromatic heterocycles. The van der Waals surface area contributed by atoms with Gasteiger partial charge in [0, 0.05) is 16.9 Å². The van der Waals surface area contributed by atoms with Gasteiger partial charge in [-0.05, 0) is 17.0 Å². The highest BCUT2D eigenvalue weighted by Crippen LogP contribution is 2.11. The van der Waals surface area contributed by atoms with E-state index < -0.39 is 0 Å². The number of nitrogens with one attached hydrogen (secondary N) is 1. The number of fused-ring (bicyclic) bond motifs is 1. The van der Waals surface area contributed by atoms with Crippen molar-refractivity contribution >= 4 is 11.3 Å². The summed E-state index contributed by atoms with van der Waals surface area (Å²) in [5.41, 5.74) is 2.88. The molecule has 0 fully saturated rings. The molecular weight excluding hydrogens is 282 g/mol. The van der Waals surface area contributed by atoms with Crippen LogP contribution < -0.4 is 4.90 Å². The molecule has 0 saturated carbocycles. The smallest absolute Gasteiger partial charge is 0.126 e. The minimum Gasteiger partial charge on any atom is -0.385 e. The van der Waals surface area contributed by atoms with Gasteiger partial charge in [0.2, 0.25) is 0 Å². The van der Waals surface area contributed by atoms with Gasteiger partial charge in [-0.15, -0.1) is 11.3 Å². The predicted molar refractivity (Wildman–Crippen MR) is 84.5 cm³/mol. The summed E-state index contributed by atoms with van der Waals surface area (Å²) >= 11 is 1.69. The van der Waals surface area contributed by atoms with E-state index in [-0.39, 0.29) is 6.10 Å². The van der Waals surface area contributed by atoms with Crippen molar-refractivity contribution in [2.75, 3.05) is 19.7 Å². The molecule has 112 valence electrons. The summed E-state index contributed by atoms with van der Waals surface area (Å²) in [5.74, 6) is 0. The molecular formula is C17H22NO2S+. The third kappa shape index (κ3) is 4.14. The molecule has 2 aromatic rings. The molecule has 4 heteroatoms. The van der Waals surface area contributed by atoms with Crippen LogP contribution in [0.2, 0.25) is 0 Å². The molecule has 2 N–H and O–H groups in total. The number of aliphatic hydroxyl groups excluding tert-OH is 1. The molecule has 0 radical (unpaired) electrons. The average Bonchev–Trinajstić information content (AvgIpc) is 3.00. The fraction of sp³-hybridized carbons (Fsp3) is 0.412. The zero-order valence-electron chi connectivity index (χ0n) is 12.1. The van der Waals surface area contributed by atoms with Crippen LogP contribution in [-0.4, -0.2) is 30.9 Å². The van der Waals surface area contributed by atoms with Crippen LogP contribution in [0.25, 0.3) is 0 Å². The monoisotopic (exact) mass is 304 g/mol. The first-order valence-electron chi connectivity index (χ1n) is 7.50. The van der Waals surface area contributed by atoms with E-state index in [0.717, 1.165) is 26.1 Å². The Morgan fingerprint density at radius 2 is 2.05 bits per heavy atom. The minimum atomic E-state index is -0.384. The first kappa shape index (κ1) is 14.7. The van der Waals surface area contributed by atoms with Gasteiger partial charge in [-0.2, -0.15) is 0 Å². The molecule has 1 aliphatic rings. The number of hydrogen-bond acceptors (Lipinski definition) is 3. The number of aliphatic hydroxyl groups is 1. The average molecular weight is 304 g/mol. The molecule has 0 spiro atoms. The summed E-state index contributed by atoms with van der Waals surface area (Å²) < 4.78 is 5.60. The van der Waals surface area contributed by atoms with Crippen LogP contribution in [0.5, 0.6) is 0 Å². The maximum Gasteiger partial charge on any atom is 0.126 e. The number of rotatable bonds is 6. The first-order valence-corrected chi connectivity index (χ1v) is 8.38. The molecule has 21 heavy (non-hydrogen) atoms. The van der Waals surface area contributed by atoms with Gasteiger partial charge in [0.25, 0.3) is 0 Å². The lowest BCUT2D eigenvalue weighted by Gasteiger charge is -2.27. The molecule has 1 aromatic carbocycles. The molecule has 1 unspecified atom stereocenters. The zero-order chi connectivity index (χ0) is 14.5. The van der Waals surface area contributed by atoms with Crippen molar-refractivity contribution in [2.24, 2.45) is 0 Å². The van der Waals surface area contributed by atoms with E-state index in [2.05, 4.69) is 30.3 Å². The van der Waals surface area contributed by atoms with E-state index in [1.54, 1.807) is 11.3 Å². The van der Waals surface area contributed by atoms with Crippen molar-refractivity contribution in [3.8, 4) is 0 Å². The summed E-state index contributed by atoms with van der Waals surface area (Å²) in [6.07, 6.45) is 0.721. The van der Waals surface area contributed by atoms with Gasteiger partial charge in [0.05, 0.1) is 19.8 Å². The van der Waals surface area contributed by atoms with Crippen molar-refractivity contribution in [3.63, 3.8) is 0 Å². The molecule has 1 aliphatic heterocycles. The van der Waals surface area contributed by atoms with Crippen LogP contribution in [-0.2, 0) is 24.3 Å². The Morgan fingerprint density at radius 3 is 2.86 bits per heavy atom. The van der Waals surface area contributed by atoms with Crippen LogP contribution >= 0.6 is 11.3 Å². The number of quaternary nitrogens is 1. The molecule has 0 aliphatic carbocycles. The quantitative estimate of drug-likeness (QED) is 0.843. The second-order valence-electron chi connectivity index (χ2n) is 5.65. The number of benzene rings is 1. The van der Waals surface area contributed by atoms with Crippen LogP contribution in [0.15, 0.2) is 41.8 Å². The lowest BCUT2D eigenvalue weighted by atomic mass is 10.00. The Kier molecular flexibility index (Phi) is 5.04. The van der Waals surface area contributed by atoms with E-state index in [4.69, 9.17) is 4.74 Å². The summed E-state index contributed by atoms with van der Waals surface area (Å²) in [6.45, 7) is 3.89. The van der Waals surface area contributed by atoms with E-state index in [1.165, 1.54) is 20.9 Å². The topological polar surface area (TPSA) is 33.9 Å². The number of thiophene rings is 1. The maximum absolute atomic E-state index is 10.1. The molecule has 0 bridgehead atoms. The summed E-state index contributed by atoms with van der Waals surface area (Å²) in [6, 6.07) is 12.7. The maximum atomic E-state index is 10.1. The van der Waals surface area contributed by atoms with Gasteiger partial charge in [-0.3, -0.25) is 0 Å². The van der Waals surface area contributed by atoms with Crippen LogP contribution in [0.1, 0.15) is 16.0 Å². The fourth-order valence-corrected chi connectivity index (χ4v) is 3.54. The summed E-state index contributed by atoms with van der Waals surface area (Å²) in [4.78, 5) is 2.65. The largest absolute Gasteiger partial charge is 0.385 e. The Morgan fingerprint density at radius 1 is 1.19 bits per heavy atom. The van der Waals surface area contributed by atoms with Gasteiger partial charge in [0.15, 0.2) is 0 Å². The van der Waals surface area contributed by atoms with Gasteiger partial charge in [-0.1, -0.05) is 30.3 Å². The van der Waals surface area contributed by atoms with Crippen molar-refractivity contribution in [1.82, 2.24) is 0 Å². The molecule has 0 saturated heterocycles. The van der Waals surface area contributed by atoms with Gasteiger partial charge in [0.1, 0.15) is 19.2 Å². The van der Waals surface area contributed by atoms with Crippen molar-refractivity contribution in [2.45, 2.75) is 25.7 Å². The lowest BCUT2D eigenvalue weighted by Crippen LogP contribution is -3.12. The predicted octanol–water partition coefficient (Wildman–Crippen LogP) is 1.27. The highest BCUT2D eigenvalue weighted by Gasteiger charge is 2.21. The number of ether oxygens (including phenoxy) is 1. The normalized spacial score (nSPS) is 19.2. The summed E-state index contributed by atoms with van der Waals surface area (Å²) in [7, 11) is 0. The van der Waals surface area contributed by atoms with Crippen LogP contribution in [0, 0.1) is 0 Å². The summed E-state index contributed by atoms with van der Waals surface area (Å²) in [5, 5.41) is 12.2. The molecule has 3 rings (SSSR count). The molecule has 2 atom stereocenters.